The molecule has 9 nitrogen and oxygen atoms in total. The lowest BCUT2D eigenvalue weighted by molar-refractivity contribution is -0.384. The molecule has 0 spiro atoms. The number of carbonyl (C=O) groups is 2. The molecule has 0 radical (unpaired) electrons. The third-order valence-electron chi connectivity index (χ3n) is 5.48. The van der Waals surface area contributed by atoms with Gasteiger partial charge in [0, 0.05) is 29.6 Å². The van der Waals surface area contributed by atoms with E-state index in [4.69, 9.17) is 20.8 Å². The second-order valence-corrected chi connectivity index (χ2v) is 8.17. The molecule has 0 saturated heterocycles. The molecule has 2 aromatic carbocycles. The number of nitrogens with zero attached hydrogens (tertiary/aromatic N) is 1. The average molecular weight is 471 g/mol. The summed E-state index contributed by atoms with van der Waals surface area (Å²) in [6.07, 6.45) is 4.99. The summed E-state index contributed by atoms with van der Waals surface area (Å²) in [5, 5.41) is 14.3. The van der Waals surface area contributed by atoms with Crippen LogP contribution in [0.2, 0.25) is 5.02 Å². The highest BCUT2D eigenvalue weighted by molar-refractivity contribution is 6.33. The molecule has 1 fully saturated rings. The largest absolute Gasteiger partial charge is 0.423 e. The number of nitro groups is 1. The fraction of sp³-hybridized carbons (Fsp3) is 0.261. The van der Waals surface area contributed by atoms with Crippen LogP contribution in [0.25, 0.3) is 11.0 Å². The average Bonchev–Trinajstić information content (AvgIpc) is 2.79. The molecule has 33 heavy (non-hydrogen) atoms. The predicted molar refractivity (Wildman–Crippen MR) is 120 cm³/mol. The Hall–Kier alpha value is -3.72. The van der Waals surface area contributed by atoms with Crippen LogP contribution < -0.4 is 15.7 Å². The normalized spacial score (nSPS) is 14.1. The van der Waals surface area contributed by atoms with E-state index >= 15 is 0 Å². The summed E-state index contributed by atoms with van der Waals surface area (Å²) in [6, 6.07) is 9.21. The van der Waals surface area contributed by atoms with Gasteiger partial charge >= 0.3 is 11.6 Å². The maximum Gasteiger partial charge on any atom is 0.349 e. The van der Waals surface area contributed by atoms with Gasteiger partial charge in [-0.05, 0) is 37.1 Å². The first-order valence-corrected chi connectivity index (χ1v) is 10.7. The van der Waals surface area contributed by atoms with Crippen LogP contribution in [0.15, 0.2) is 51.7 Å². The Bertz CT molecular complexity index is 1310. The number of fused-ring (bicyclic) bond motifs is 1. The number of nitro benzene ring substituents is 1. The lowest BCUT2D eigenvalue weighted by atomic mass is 9.95. The van der Waals surface area contributed by atoms with Crippen LogP contribution in [-0.4, -0.2) is 22.8 Å². The summed E-state index contributed by atoms with van der Waals surface area (Å²) in [5.41, 5.74) is -1.27. The van der Waals surface area contributed by atoms with E-state index in [1.54, 1.807) is 0 Å². The second-order valence-electron chi connectivity index (χ2n) is 7.77. The molecule has 0 bridgehead atoms. The molecule has 0 unspecified atom stereocenters. The third-order valence-corrected chi connectivity index (χ3v) is 5.81. The lowest BCUT2D eigenvalue weighted by Gasteiger charge is -2.22. The number of amides is 1. The summed E-state index contributed by atoms with van der Waals surface area (Å²) in [7, 11) is 0. The minimum Gasteiger partial charge on any atom is -0.423 e. The Morgan fingerprint density at radius 3 is 2.55 bits per heavy atom. The zero-order valence-corrected chi connectivity index (χ0v) is 18.1. The molecule has 10 heteroatoms. The van der Waals surface area contributed by atoms with Crippen molar-refractivity contribution in [1.82, 2.24) is 5.32 Å². The van der Waals surface area contributed by atoms with Gasteiger partial charge in [-0.3, -0.25) is 14.9 Å². The number of halogens is 1. The van der Waals surface area contributed by atoms with Crippen molar-refractivity contribution < 1.29 is 23.7 Å². The van der Waals surface area contributed by atoms with Gasteiger partial charge in [-0.25, -0.2) is 9.59 Å². The molecule has 0 aliphatic heterocycles. The Kier molecular flexibility index (Phi) is 6.41. The monoisotopic (exact) mass is 470 g/mol. The zero-order chi connectivity index (χ0) is 23.5. The van der Waals surface area contributed by atoms with Crippen LogP contribution in [0.5, 0.6) is 5.75 Å². The molecule has 1 aliphatic rings. The summed E-state index contributed by atoms with van der Waals surface area (Å²) < 4.78 is 10.5. The van der Waals surface area contributed by atoms with E-state index in [-0.39, 0.29) is 39.2 Å². The van der Waals surface area contributed by atoms with Crippen molar-refractivity contribution in [3.63, 3.8) is 0 Å². The number of ether oxygens (including phenoxy) is 1. The van der Waals surface area contributed by atoms with Crippen LogP contribution in [0, 0.1) is 10.1 Å². The maximum absolute atomic E-state index is 12.6. The standard InChI is InChI=1S/C23H19ClN2O7/c24-19-9-7-15(26(30)31)11-17(19)22(28)32-16-8-6-13-10-18(23(29)33-20(13)12-16)21(27)25-14-4-2-1-3-5-14/h6-12,14H,1-5H2,(H,25,27). The highest BCUT2D eigenvalue weighted by Gasteiger charge is 2.21. The van der Waals surface area contributed by atoms with Crippen molar-refractivity contribution in [2.75, 3.05) is 0 Å². The number of rotatable bonds is 5. The Balaban J connectivity index is 1.55. The van der Waals surface area contributed by atoms with Crippen molar-refractivity contribution in [2.24, 2.45) is 0 Å². The van der Waals surface area contributed by atoms with E-state index in [2.05, 4.69) is 5.32 Å². The Morgan fingerprint density at radius 2 is 1.82 bits per heavy atom. The fourth-order valence-corrected chi connectivity index (χ4v) is 3.96. The maximum atomic E-state index is 12.6. The number of non-ortho nitro benzene ring substituents is 1. The van der Waals surface area contributed by atoms with Crippen molar-refractivity contribution in [2.45, 2.75) is 38.1 Å². The van der Waals surface area contributed by atoms with Crippen LogP contribution >= 0.6 is 11.6 Å². The first-order chi connectivity index (χ1) is 15.8. The topological polar surface area (TPSA) is 129 Å². The minimum atomic E-state index is -0.908. The SMILES string of the molecule is O=C(Oc1ccc2cc(C(=O)NC3CCCCC3)c(=O)oc2c1)c1cc([N+](=O)[O-])ccc1Cl. The van der Waals surface area contributed by atoms with Gasteiger partial charge in [0.2, 0.25) is 0 Å². The third kappa shape index (κ3) is 5.04. The number of hydrogen-bond donors (Lipinski definition) is 1. The smallest absolute Gasteiger partial charge is 0.349 e. The van der Waals surface area contributed by atoms with Crippen molar-refractivity contribution >= 4 is 40.1 Å². The van der Waals surface area contributed by atoms with Gasteiger partial charge in [0.1, 0.15) is 16.9 Å². The first-order valence-electron chi connectivity index (χ1n) is 10.4. The van der Waals surface area contributed by atoms with Gasteiger partial charge in [0.25, 0.3) is 11.6 Å². The van der Waals surface area contributed by atoms with E-state index < -0.39 is 22.4 Å². The molecule has 1 amide bonds. The number of benzene rings is 2. The van der Waals surface area contributed by atoms with E-state index in [0.717, 1.165) is 38.2 Å². The number of hydrogen-bond acceptors (Lipinski definition) is 7. The molecular formula is C23H19ClN2O7. The van der Waals surface area contributed by atoms with Crippen molar-refractivity contribution in [3.05, 3.63) is 79.1 Å². The minimum absolute atomic E-state index is 0.00783. The summed E-state index contributed by atoms with van der Waals surface area (Å²) >= 11 is 5.97. The molecule has 1 saturated carbocycles. The van der Waals surface area contributed by atoms with E-state index in [1.807, 2.05) is 0 Å². The molecule has 1 heterocycles. The molecule has 1 N–H and O–H groups in total. The number of carbonyl (C=O) groups excluding carboxylic acids is 2. The Morgan fingerprint density at radius 1 is 1.06 bits per heavy atom. The van der Waals surface area contributed by atoms with Gasteiger partial charge in [-0.2, -0.15) is 0 Å². The van der Waals surface area contributed by atoms with Crippen LogP contribution in [0.1, 0.15) is 52.8 Å². The summed E-state index contributed by atoms with van der Waals surface area (Å²) in [5.74, 6) is -1.35. The van der Waals surface area contributed by atoms with E-state index in [9.17, 15) is 24.5 Å². The lowest BCUT2D eigenvalue weighted by Crippen LogP contribution is -2.38. The van der Waals surface area contributed by atoms with Crippen LogP contribution in [0.4, 0.5) is 5.69 Å². The Labute approximate surface area is 192 Å². The summed E-state index contributed by atoms with van der Waals surface area (Å²) in [4.78, 5) is 47.7. The number of nitrogens with one attached hydrogen (secondary N) is 1. The van der Waals surface area contributed by atoms with Gasteiger partial charge in [-0.1, -0.05) is 30.9 Å². The highest BCUT2D eigenvalue weighted by atomic mass is 35.5. The molecule has 0 atom stereocenters. The molecule has 4 rings (SSSR count). The summed E-state index contributed by atoms with van der Waals surface area (Å²) in [6.45, 7) is 0. The van der Waals surface area contributed by atoms with Gasteiger partial charge in [-0.15, -0.1) is 0 Å². The fourth-order valence-electron chi connectivity index (χ4n) is 3.77. The van der Waals surface area contributed by atoms with E-state index in [0.29, 0.717) is 5.39 Å². The van der Waals surface area contributed by atoms with Crippen molar-refractivity contribution in [1.29, 1.82) is 0 Å². The van der Waals surface area contributed by atoms with Gasteiger partial charge in [0.05, 0.1) is 15.5 Å². The van der Waals surface area contributed by atoms with Gasteiger partial charge in [0.15, 0.2) is 0 Å². The highest BCUT2D eigenvalue weighted by Crippen LogP contribution is 2.26. The molecule has 1 aromatic heterocycles. The molecule has 1 aliphatic carbocycles. The van der Waals surface area contributed by atoms with Gasteiger partial charge < -0.3 is 14.5 Å². The van der Waals surface area contributed by atoms with Crippen molar-refractivity contribution in [3.8, 4) is 5.75 Å². The number of esters is 1. The quantitative estimate of drug-likeness (QED) is 0.189. The molecule has 3 aromatic rings. The van der Waals surface area contributed by atoms with Crippen LogP contribution in [-0.2, 0) is 0 Å². The predicted octanol–water partition coefficient (Wildman–Crippen LogP) is 4.64. The van der Waals surface area contributed by atoms with Crippen LogP contribution in [0.3, 0.4) is 0 Å². The van der Waals surface area contributed by atoms with E-state index in [1.165, 1.54) is 36.4 Å². The second kappa shape index (κ2) is 9.41. The zero-order valence-electron chi connectivity index (χ0n) is 17.3. The first kappa shape index (κ1) is 22.5. The molecular weight excluding hydrogens is 452 g/mol. The molecule has 170 valence electrons.